The number of nitrogens with zero attached hydrogens (tertiary/aromatic N) is 4. The van der Waals surface area contributed by atoms with Crippen molar-refractivity contribution in [3.05, 3.63) is 42.4 Å². The molecule has 1 atom stereocenters. The average molecular weight is 432 g/mol. The molecule has 0 radical (unpaired) electrons. The Labute approximate surface area is 175 Å². The van der Waals surface area contributed by atoms with Gasteiger partial charge in [0, 0.05) is 13.1 Å². The van der Waals surface area contributed by atoms with Crippen molar-refractivity contribution in [2.24, 2.45) is 0 Å². The molecule has 1 aliphatic rings. The van der Waals surface area contributed by atoms with Crippen molar-refractivity contribution >= 4 is 27.0 Å². The number of rotatable bonds is 7. The minimum atomic E-state index is -3.85. The second-order valence-electron chi connectivity index (χ2n) is 7.39. The van der Waals surface area contributed by atoms with Crippen molar-refractivity contribution in [3.8, 4) is 0 Å². The monoisotopic (exact) mass is 431 g/mol. The molecule has 3 aromatic rings. The first-order chi connectivity index (χ1) is 14.5. The summed E-state index contributed by atoms with van der Waals surface area (Å²) in [5, 5.41) is 11.0. The molecule has 0 spiro atoms. The van der Waals surface area contributed by atoms with Gasteiger partial charge in [-0.05, 0) is 49.6 Å². The van der Waals surface area contributed by atoms with Gasteiger partial charge < -0.3 is 9.73 Å². The van der Waals surface area contributed by atoms with Crippen molar-refractivity contribution < 1.29 is 17.6 Å². The molecule has 1 aromatic carbocycles. The fraction of sp³-hybridized carbons (Fsp3) is 0.450. The minimum Gasteiger partial charge on any atom is -0.467 e. The Morgan fingerprint density at radius 2 is 2.17 bits per heavy atom. The molecule has 1 saturated heterocycles. The first kappa shape index (κ1) is 20.5. The summed E-state index contributed by atoms with van der Waals surface area (Å²) in [7, 11) is -3.85. The van der Waals surface area contributed by atoms with Crippen molar-refractivity contribution in [1.82, 2.24) is 24.6 Å². The Balaban J connectivity index is 1.57. The lowest BCUT2D eigenvalue weighted by Gasteiger charge is -2.33. The van der Waals surface area contributed by atoms with Crippen molar-refractivity contribution in [2.75, 3.05) is 6.54 Å². The van der Waals surface area contributed by atoms with E-state index >= 15 is 0 Å². The topological polar surface area (TPSA) is 110 Å². The van der Waals surface area contributed by atoms with Gasteiger partial charge in [0.05, 0.1) is 23.2 Å². The summed E-state index contributed by atoms with van der Waals surface area (Å²) in [5.41, 5.74) is 1.32. The number of furan rings is 1. The second-order valence-corrected chi connectivity index (χ2v) is 9.28. The summed E-state index contributed by atoms with van der Waals surface area (Å²) in [4.78, 5) is 12.9. The van der Waals surface area contributed by atoms with Gasteiger partial charge in [-0.2, -0.15) is 4.31 Å². The van der Waals surface area contributed by atoms with E-state index in [1.807, 2.05) is 6.92 Å². The molecule has 0 aliphatic carbocycles. The maximum atomic E-state index is 13.4. The predicted molar refractivity (Wildman–Crippen MR) is 110 cm³/mol. The van der Waals surface area contributed by atoms with Gasteiger partial charge in [0.15, 0.2) is 0 Å². The van der Waals surface area contributed by atoms with Gasteiger partial charge in [0.1, 0.15) is 17.3 Å². The quantitative estimate of drug-likeness (QED) is 0.615. The summed E-state index contributed by atoms with van der Waals surface area (Å²) in [6, 6.07) is 7.59. The van der Waals surface area contributed by atoms with Gasteiger partial charge in [-0.15, -0.1) is 5.10 Å². The first-order valence-electron chi connectivity index (χ1n) is 10.2. The van der Waals surface area contributed by atoms with E-state index in [4.69, 9.17) is 4.42 Å². The smallest absolute Gasteiger partial charge is 0.243 e. The van der Waals surface area contributed by atoms with Gasteiger partial charge in [0.25, 0.3) is 0 Å². The van der Waals surface area contributed by atoms with Gasteiger partial charge in [-0.3, -0.25) is 4.79 Å². The molecule has 0 bridgehead atoms. The summed E-state index contributed by atoms with van der Waals surface area (Å²) in [6.45, 7) is 3.29. The summed E-state index contributed by atoms with van der Waals surface area (Å²) < 4.78 is 35.1. The van der Waals surface area contributed by atoms with Gasteiger partial charge in [-0.25, -0.2) is 13.1 Å². The molecule has 160 valence electrons. The highest BCUT2D eigenvalue weighted by Gasteiger charge is 2.37. The summed E-state index contributed by atoms with van der Waals surface area (Å²) in [5.74, 6) is 0.304. The van der Waals surface area contributed by atoms with Crippen LogP contribution in [0.25, 0.3) is 11.0 Å². The molecule has 9 nitrogen and oxygen atoms in total. The predicted octanol–water partition coefficient (Wildman–Crippen LogP) is 2.29. The summed E-state index contributed by atoms with van der Waals surface area (Å²) in [6.07, 6.45) is 4.44. The highest BCUT2D eigenvalue weighted by molar-refractivity contribution is 7.89. The highest BCUT2D eigenvalue weighted by atomic mass is 32.2. The van der Waals surface area contributed by atoms with Crippen molar-refractivity contribution in [2.45, 2.75) is 56.6 Å². The Morgan fingerprint density at radius 3 is 2.93 bits per heavy atom. The third kappa shape index (κ3) is 3.97. The molecule has 10 heteroatoms. The lowest BCUT2D eigenvalue weighted by atomic mass is 10.0. The Bertz CT molecular complexity index is 1120. The number of carbonyl (C=O) groups is 1. The Kier molecular flexibility index (Phi) is 5.87. The average Bonchev–Trinajstić information content (AvgIpc) is 3.42. The molecule has 1 amide bonds. The van der Waals surface area contributed by atoms with Gasteiger partial charge in [0.2, 0.25) is 15.9 Å². The van der Waals surface area contributed by atoms with Crippen LogP contribution in [0.3, 0.4) is 0 Å². The lowest BCUT2D eigenvalue weighted by Crippen LogP contribution is -2.51. The molecule has 0 unspecified atom stereocenters. The Hall–Kier alpha value is -2.72. The van der Waals surface area contributed by atoms with Crippen LogP contribution in [0, 0.1) is 0 Å². The zero-order valence-electron chi connectivity index (χ0n) is 16.8. The van der Waals surface area contributed by atoms with E-state index in [2.05, 4.69) is 15.6 Å². The van der Waals surface area contributed by atoms with Crippen LogP contribution in [-0.2, 0) is 27.9 Å². The van der Waals surface area contributed by atoms with Crippen LogP contribution in [-0.4, -0.2) is 46.2 Å². The number of amides is 1. The van der Waals surface area contributed by atoms with Crippen LogP contribution in [0.5, 0.6) is 0 Å². The number of hydrogen-bond acceptors (Lipinski definition) is 6. The SMILES string of the molecule is CCCn1nnc2cc(S(=O)(=O)N3CCCC[C@@H]3C(=O)NCc3ccco3)ccc21. The number of sulfonamides is 1. The number of aromatic nitrogens is 3. The molecule has 2 aromatic heterocycles. The number of aryl methyl sites for hydroxylation is 1. The zero-order valence-corrected chi connectivity index (χ0v) is 17.6. The van der Waals surface area contributed by atoms with Gasteiger partial charge >= 0.3 is 0 Å². The molecule has 3 heterocycles. The Morgan fingerprint density at radius 1 is 1.30 bits per heavy atom. The number of benzene rings is 1. The number of carbonyl (C=O) groups excluding carboxylic acids is 1. The third-order valence-electron chi connectivity index (χ3n) is 5.30. The molecular weight excluding hydrogens is 406 g/mol. The maximum Gasteiger partial charge on any atom is 0.243 e. The molecule has 1 N–H and O–H groups in total. The molecule has 1 fully saturated rings. The first-order valence-corrected chi connectivity index (χ1v) is 11.6. The molecule has 30 heavy (non-hydrogen) atoms. The lowest BCUT2D eigenvalue weighted by molar-refractivity contribution is -0.125. The number of piperidine rings is 1. The normalized spacial score (nSPS) is 18.0. The molecule has 0 saturated carbocycles. The van der Waals surface area contributed by atoms with Crippen LogP contribution >= 0.6 is 0 Å². The van der Waals surface area contributed by atoms with E-state index in [0.29, 0.717) is 30.8 Å². The van der Waals surface area contributed by atoms with Crippen LogP contribution in [0.2, 0.25) is 0 Å². The molecule has 1 aliphatic heterocycles. The maximum absolute atomic E-state index is 13.4. The van der Waals surface area contributed by atoms with Crippen LogP contribution in [0.4, 0.5) is 0 Å². The fourth-order valence-electron chi connectivity index (χ4n) is 3.78. The minimum absolute atomic E-state index is 0.129. The molecule has 4 rings (SSSR count). The number of fused-ring (bicyclic) bond motifs is 1. The molecular formula is C20H25N5O4S. The zero-order chi connectivity index (χ0) is 21.1. The highest BCUT2D eigenvalue weighted by Crippen LogP contribution is 2.27. The van der Waals surface area contributed by atoms with Crippen molar-refractivity contribution in [3.63, 3.8) is 0 Å². The third-order valence-corrected chi connectivity index (χ3v) is 7.20. The number of hydrogen-bond donors (Lipinski definition) is 1. The fourth-order valence-corrected chi connectivity index (χ4v) is 5.46. The van der Waals surface area contributed by atoms with E-state index in [9.17, 15) is 13.2 Å². The standard InChI is InChI=1S/C20H25N5O4S/c1-2-10-24-18-9-8-16(13-17(18)22-23-24)30(27,28)25-11-4-3-7-19(25)20(26)21-14-15-6-5-12-29-15/h5-6,8-9,12-13,19H,2-4,7,10-11,14H2,1H3,(H,21,26)/t19-/m1/s1. The van der Waals surface area contributed by atoms with Gasteiger partial charge in [-0.1, -0.05) is 18.6 Å². The van der Waals surface area contributed by atoms with E-state index < -0.39 is 16.1 Å². The van der Waals surface area contributed by atoms with Crippen LogP contribution in [0.15, 0.2) is 45.9 Å². The summed E-state index contributed by atoms with van der Waals surface area (Å²) >= 11 is 0. The van der Waals surface area contributed by atoms with Crippen molar-refractivity contribution in [1.29, 1.82) is 0 Å². The second kappa shape index (κ2) is 8.57. The largest absolute Gasteiger partial charge is 0.467 e. The van der Waals surface area contributed by atoms with E-state index in [1.165, 1.54) is 16.6 Å². The van der Waals surface area contributed by atoms with E-state index in [1.54, 1.807) is 28.9 Å². The van der Waals surface area contributed by atoms with E-state index in [-0.39, 0.29) is 17.3 Å². The van der Waals surface area contributed by atoms with Crippen LogP contribution in [0.1, 0.15) is 38.4 Å². The van der Waals surface area contributed by atoms with Crippen LogP contribution < -0.4 is 5.32 Å². The van der Waals surface area contributed by atoms with E-state index in [0.717, 1.165) is 24.8 Å². The number of nitrogens with one attached hydrogen (secondary N) is 1.